The lowest BCUT2D eigenvalue weighted by Gasteiger charge is -2.19. The van der Waals surface area contributed by atoms with E-state index in [1.54, 1.807) is 69.3 Å². The van der Waals surface area contributed by atoms with Crippen LogP contribution in [0.1, 0.15) is 31.1 Å². The molecule has 2 rings (SSSR count). The van der Waals surface area contributed by atoms with Crippen molar-refractivity contribution in [2.45, 2.75) is 26.4 Å². The minimum atomic E-state index is -0.571. The van der Waals surface area contributed by atoms with Crippen molar-refractivity contribution < 1.29 is 14.3 Å². The van der Waals surface area contributed by atoms with Crippen molar-refractivity contribution in [1.82, 2.24) is 0 Å². The molecule has 0 aliphatic carbocycles. The van der Waals surface area contributed by atoms with E-state index >= 15 is 0 Å². The zero-order chi connectivity index (χ0) is 17.7. The Morgan fingerprint density at radius 1 is 0.958 bits per heavy atom. The fraction of sp³-hybridized carbons (Fsp3) is 0.222. The molecular formula is C18H19ClN2O3. The summed E-state index contributed by atoms with van der Waals surface area (Å²) in [5.41, 5.74) is 0.960. The minimum Gasteiger partial charge on any atom is -0.444 e. The maximum absolute atomic E-state index is 12.2. The number of hydrogen-bond donors (Lipinski definition) is 2. The number of nitrogens with one attached hydrogen (secondary N) is 2. The molecular weight excluding hydrogens is 328 g/mol. The lowest BCUT2D eigenvalue weighted by Crippen LogP contribution is -2.27. The molecule has 0 fully saturated rings. The number of hydrogen-bond acceptors (Lipinski definition) is 3. The van der Waals surface area contributed by atoms with Crippen LogP contribution in [0.15, 0.2) is 48.5 Å². The highest BCUT2D eigenvalue weighted by Gasteiger charge is 2.16. The Hall–Kier alpha value is -2.53. The van der Waals surface area contributed by atoms with Crippen LogP contribution in [-0.4, -0.2) is 17.6 Å². The highest BCUT2D eigenvalue weighted by atomic mass is 35.5. The molecule has 5 nitrogen and oxygen atoms in total. The van der Waals surface area contributed by atoms with Gasteiger partial charge in [0.05, 0.1) is 10.7 Å². The van der Waals surface area contributed by atoms with Crippen LogP contribution in [0.4, 0.5) is 16.2 Å². The molecule has 2 aromatic rings. The lowest BCUT2D eigenvalue weighted by atomic mass is 10.2. The molecule has 0 aliphatic rings. The highest BCUT2D eigenvalue weighted by Crippen LogP contribution is 2.21. The van der Waals surface area contributed by atoms with Gasteiger partial charge in [-0.15, -0.1) is 0 Å². The molecule has 0 aromatic heterocycles. The van der Waals surface area contributed by atoms with E-state index < -0.39 is 11.7 Å². The summed E-state index contributed by atoms with van der Waals surface area (Å²) < 4.78 is 5.17. The van der Waals surface area contributed by atoms with Gasteiger partial charge in [0, 0.05) is 11.3 Å². The maximum atomic E-state index is 12.2. The summed E-state index contributed by atoms with van der Waals surface area (Å²) in [5, 5.41) is 5.81. The van der Waals surface area contributed by atoms with Gasteiger partial charge >= 0.3 is 6.09 Å². The quantitative estimate of drug-likeness (QED) is 0.827. The molecule has 2 N–H and O–H groups in total. The molecule has 0 bridgehead atoms. The Morgan fingerprint density at radius 3 is 2.17 bits per heavy atom. The Bertz CT molecular complexity index is 737. The monoisotopic (exact) mass is 346 g/mol. The molecule has 0 aliphatic heterocycles. The Kier molecular flexibility index (Phi) is 5.46. The van der Waals surface area contributed by atoms with Crippen molar-refractivity contribution >= 4 is 35.0 Å². The lowest BCUT2D eigenvalue weighted by molar-refractivity contribution is 0.0636. The van der Waals surface area contributed by atoms with Gasteiger partial charge in [-0.3, -0.25) is 10.1 Å². The predicted molar refractivity (Wildman–Crippen MR) is 95.7 cm³/mol. The molecule has 0 spiro atoms. The first-order valence-electron chi connectivity index (χ1n) is 7.40. The minimum absolute atomic E-state index is 0.285. The van der Waals surface area contributed by atoms with Crippen molar-refractivity contribution in [3.63, 3.8) is 0 Å². The van der Waals surface area contributed by atoms with E-state index in [4.69, 9.17) is 16.3 Å². The van der Waals surface area contributed by atoms with Gasteiger partial charge < -0.3 is 10.1 Å². The number of rotatable bonds is 3. The summed E-state index contributed by atoms with van der Waals surface area (Å²) in [6.45, 7) is 5.36. The van der Waals surface area contributed by atoms with E-state index in [-0.39, 0.29) is 5.91 Å². The summed E-state index contributed by atoms with van der Waals surface area (Å²) in [4.78, 5) is 23.9. The number of ether oxygens (including phenoxy) is 1. The van der Waals surface area contributed by atoms with E-state index in [1.807, 2.05) is 0 Å². The molecule has 0 unspecified atom stereocenters. The molecule has 6 heteroatoms. The van der Waals surface area contributed by atoms with Crippen molar-refractivity contribution in [1.29, 1.82) is 0 Å². The first kappa shape index (κ1) is 17.8. The number of anilines is 2. The smallest absolute Gasteiger partial charge is 0.412 e. The fourth-order valence-corrected chi connectivity index (χ4v) is 2.07. The largest absolute Gasteiger partial charge is 0.444 e. The van der Waals surface area contributed by atoms with Gasteiger partial charge in [0.1, 0.15) is 5.60 Å². The zero-order valence-corrected chi connectivity index (χ0v) is 14.5. The third kappa shape index (κ3) is 5.28. The standard InChI is InChI=1S/C18H19ClN2O3/c1-18(2,3)24-17(23)20-13-10-8-12(9-11-13)16(22)21-15-7-5-4-6-14(15)19/h4-11H,1-3H3,(H,20,23)(H,21,22). The summed E-state index contributed by atoms with van der Waals surface area (Å²) in [7, 11) is 0. The molecule has 24 heavy (non-hydrogen) atoms. The second kappa shape index (κ2) is 7.36. The van der Waals surface area contributed by atoms with Gasteiger partial charge in [0.2, 0.25) is 0 Å². The first-order chi connectivity index (χ1) is 11.2. The van der Waals surface area contributed by atoms with Gasteiger partial charge in [-0.1, -0.05) is 23.7 Å². The molecule has 2 amide bonds. The summed E-state index contributed by atoms with van der Waals surface area (Å²) >= 11 is 6.01. The number of carbonyl (C=O) groups excluding carboxylic acids is 2. The van der Waals surface area contributed by atoms with Crippen molar-refractivity contribution in [2.24, 2.45) is 0 Å². The maximum Gasteiger partial charge on any atom is 0.412 e. The third-order valence-corrected chi connectivity index (χ3v) is 3.24. The summed E-state index contributed by atoms with van der Waals surface area (Å²) in [6.07, 6.45) is -0.546. The van der Waals surface area contributed by atoms with Crippen LogP contribution in [0.3, 0.4) is 0 Å². The molecule has 2 aromatic carbocycles. The normalized spacial score (nSPS) is 10.8. The van der Waals surface area contributed by atoms with Crippen molar-refractivity contribution in [3.05, 3.63) is 59.1 Å². The molecule has 126 valence electrons. The first-order valence-corrected chi connectivity index (χ1v) is 7.78. The fourth-order valence-electron chi connectivity index (χ4n) is 1.88. The number of carbonyl (C=O) groups is 2. The molecule has 0 radical (unpaired) electrons. The third-order valence-electron chi connectivity index (χ3n) is 2.91. The van der Waals surface area contributed by atoms with Gasteiger partial charge in [-0.05, 0) is 57.2 Å². The number of benzene rings is 2. The zero-order valence-electron chi connectivity index (χ0n) is 13.7. The molecule has 0 heterocycles. The van der Waals surface area contributed by atoms with Gasteiger partial charge in [-0.2, -0.15) is 0 Å². The van der Waals surface area contributed by atoms with Crippen LogP contribution in [0.2, 0.25) is 5.02 Å². The SMILES string of the molecule is CC(C)(C)OC(=O)Nc1ccc(C(=O)Nc2ccccc2Cl)cc1. The van der Waals surface area contributed by atoms with Crippen molar-refractivity contribution in [3.8, 4) is 0 Å². The summed E-state index contributed by atoms with van der Waals surface area (Å²) in [6, 6.07) is 13.5. The Balaban J connectivity index is 2.00. The van der Waals surface area contributed by atoms with E-state index in [0.29, 0.717) is 22.0 Å². The second-order valence-corrected chi connectivity index (χ2v) is 6.55. The second-order valence-electron chi connectivity index (χ2n) is 6.14. The van der Waals surface area contributed by atoms with Crippen LogP contribution in [0.25, 0.3) is 0 Å². The van der Waals surface area contributed by atoms with Crippen molar-refractivity contribution in [2.75, 3.05) is 10.6 Å². The van der Waals surface area contributed by atoms with Crippen LogP contribution in [0.5, 0.6) is 0 Å². The average molecular weight is 347 g/mol. The van der Waals surface area contributed by atoms with E-state index in [2.05, 4.69) is 10.6 Å². The number of halogens is 1. The number of para-hydroxylation sites is 1. The molecule has 0 saturated heterocycles. The van der Waals surface area contributed by atoms with E-state index in [9.17, 15) is 9.59 Å². The predicted octanol–water partition coefficient (Wildman–Crippen LogP) is 4.94. The van der Waals surface area contributed by atoms with Crippen LogP contribution < -0.4 is 10.6 Å². The van der Waals surface area contributed by atoms with E-state index in [0.717, 1.165) is 0 Å². The Labute approximate surface area is 146 Å². The molecule has 0 saturated carbocycles. The average Bonchev–Trinajstić information content (AvgIpc) is 2.48. The van der Waals surface area contributed by atoms with Crippen LogP contribution >= 0.6 is 11.6 Å². The van der Waals surface area contributed by atoms with E-state index in [1.165, 1.54) is 0 Å². The van der Waals surface area contributed by atoms with Gasteiger partial charge in [-0.25, -0.2) is 4.79 Å². The topological polar surface area (TPSA) is 67.4 Å². The number of amides is 2. The van der Waals surface area contributed by atoms with Gasteiger partial charge in [0.25, 0.3) is 5.91 Å². The van der Waals surface area contributed by atoms with Crippen LogP contribution in [-0.2, 0) is 4.74 Å². The van der Waals surface area contributed by atoms with Gasteiger partial charge in [0.15, 0.2) is 0 Å². The molecule has 0 atom stereocenters. The van der Waals surface area contributed by atoms with Crippen LogP contribution in [0, 0.1) is 0 Å². The summed E-state index contributed by atoms with van der Waals surface area (Å²) in [5.74, 6) is -0.285. The Morgan fingerprint density at radius 2 is 1.58 bits per heavy atom. The highest BCUT2D eigenvalue weighted by molar-refractivity contribution is 6.33.